The van der Waals surface area contributed by atoms with E-state index in [1.165, 1.54) is 17.5 Å². The van der Waals surface area contributed by atoms with E-state index in [1.807, 2.05) is 26.0 Å². The molecule has 4 rings (SSSR count). The third-order valence-corrected chi connectivity index (χ3v) is 7.48. The topological polar surface area (TPSA) is 62.2 Å². The van der Waals surface area contributed by atoms with E-state index in [2.05, 4.69) is 34.9 Å². The van der Waals surface area contributed by atoms with E-state index in [1.54, 1.807) is 0 Å². The number of ether oxygens (including phenoxy) is 2. The van der Waals surface area contributed by atoms with Gasteiger partial charge in [-0.1, -0.05) is 37.3 Å². The van der Waals surface area contributed by atoms with Crippen LogP contribution < -0.4 is 4.74 Å². The van der Waals surface area contributed by atoms with Crippen LogP contribution in [0.15, 0.2) is 30.4 Å². The number of para-hydroxylation sites is 1. The number of hydrogen-bond donors (Lipinski definition) is 2. The Morgan fingerprint density at radius 2 is 2.06 bits per heavy atom. The number of fused-ring (bicyclic) bond motifs is 3. The van der Waals surface area contributed by atoms with Gasteiger partial charge in [0.05, 0.1) is 25.4 Å². The second-order valence-corrected chi connectivity index (χ2v) is 9.79. The molecule has 2 heterocycles. The van der Waals surface area contributed by atoms with Gasteiger partial charge in [0.2, 0.25) is 0 Å². The average Bonchev–Trinajstić information content (AvgIpc) is 3.34. The minimum atomic E-state index is -0.559. The molecular weight excluding hydrogens is 414 g/mol. The predicted octanol–water partition coefficient (Wildman–Crippen LogP) is 3.53. The summed E-state index contributed by atoms with van der Waals surface area (Å²) < 4.78 is 11.9. The molecule has 0 unspecified atom stereocenters. The quantitative estimate of drug-likeness (QED) is 0.340. The van der Waals surface area contributed by atoms with Crippen molar-refractivity contribution in [2.75, 3.05) is 32.8 Å². The van der Waals surface area contributed by atoms with Crippen LogP contribution in [-0.2, 0) is 11.2 Å². The van der Waals surface area contributed by atoms with Crippen LogP contribution in [-0.4, -0.2) is 66.3 Å². The Hall–Kier alpha value is -1.84. The summed E-state index contributed by atoms with van der Waals surface area (Å²) in [7, 11) is 0. The van der Waals surface area contributed by atoms with Crippen molar-refractivity contribution in [3.8, 4) is 17.6 Å². The molecular formula is C28H39NO4. The third kappa shape index (κ3) is 5.81. The van der Waals surface area contributed by atoms with E-state index < -0.39 is 12.2 Å². The van der Waals surface area contributed by atoms with Crippen molar-refractivity contribution >= 4 is 0 Å². The highest BCUT2D eigenvalue weighted by atomic mass is 16.5. The first-order valence-corrected chi connectivity index (χ1v) is 12.6. The minimum absolute atomic E-state index is 0.0136. The first kappa shape index (κ1) is 24.3. The molecule has 33 heavy (non-hydrogen) atoms. The number of nitrogens with zero attached hydrogens (tertiary/aromatic N) is 1. The molecule has 3 aliphatic rings. The van der Waals surface area contributed by atoms with Crippen molar-refractivity contribution in [1.82, 2.24) is 4.90 Å². The minimum Gasteiger partial charge on any atom is -0.489 e. The number of unbranched alkanes of at least 4 members (excludes halogenated alkanes) is 1. The zero-order chi connectivity index (χ0) is 23.2. The number of benzene rings is 1. The molecule has 0 bridgehead atoms. The van der Waals surface area contributed by atoms with Crippen LogP contribution in [0.5, 0.6) is 5.75 Å². The number of aliphatic hydroxyl groups excluding tert-OH is 2. The third-order valence-electron chi connectivity index (χ3n) is 7.48. The zero-order valence-corrected chi connectivity index (χ0v) is 20.1. The van der Waals surface area contributed by atoms with E-state index in [4.69, 9.17) is 9.47 Å². The summed E-state index contributed by atoms with van der Waals surface area (Å²) in [6.07, 6.45) is 7.53. The van der Waals surface area contributed by atoms with Gasteiger partial charge >= 0.3 is 0 Å². The number of aliphatic hydroxyl groups is 2. The van der Waals surface area contributed by atoms with E-state index in [9.17, 15) is 10.2 Å². The lowest BCUT2D eigenvalue weighted by Gasteiger charge is -2.26. The summed E-state index contributed by atoms with van der Waals surface area (Å²) >= 11 is 0. The van der Waals surface area contributed by atoms with Gasteiger partial charge in [-0.25, -0.2) is 0 Å². The normalized spacial score (nSPS) is 28.6. The molecule has 2 aliphatic heterocycles. The SMILES string of the molecule is CC#CC[C@H](C)[C@@H](O)/C=C/[C@@H]1[C@H]2c3cccc(CCCCN4CCOCC4)c3O[C@H]2C[C@H]1O. The first-order valence-electron chi connectivity index (χ1n) is 12.6. The van der Waals surface area contributed by atoms with Crippen molar-refractivity contribution < 1.29 is 19.7 Å². The van der Waals surface area contributed by atoms with E-state index in [0.29, 0.717) is 12.8 Å². The fourth-order valence-corrected chi connectivity index (χ4v) is 5.46. The van der Waals surface area contributed by atoms with Crippen LogP contribution in [0.1, 0.15) is 56.6 Å². The molecule has 1 saturated carbocycles. The van der Waals surface area contributed by atoms with Gasteiger partial charge in [0.25, 0.3) is 0 Å². The van der Waals surface area contributed by atoms with E-state index in [0.717, 1.165) is 51.4 Å². The lowest BCUT2D eigenvalue weighted by molar-refractivity contribution is 0.0372. The summed E-state index contributed by atoms with van der Waals surface area (Å²) in [5, 5.41) is 21.2. The van der Waals surface area contributed by atoms with Crippen LogP contribution in [0, 0.1) is 23.7 Å². The highest BCUT2D eigenvalue weighted by Gasteiger charge is 2.48. The smallest absolute Gasteiger partial charge is 0.126 e. The molecule has 0 amide bonds. The van der Waals surface area contributed by atoms with Gasteiger partial charge in [0, 0.05) is 43.3 Å². The summed E-state index contributed by atoms with van der Waals surface area (Å²) in [6.45, 7) is 8.76. The van der Waals surface area contributed by atoms with Crippen molar-refractivity contribution in [2.45, 2.75) is 70.2 Å². The molecule has 1 aromatic rings. The summed E-state index contributed by atoms with van der Waals surface area (Å²) in [5.74, 6) is 7.15. The molecule has 1 aromatic carbocycles. The lowest BCUT2D eigenvalue weighted by Crippen LogP contribution is -2.36. The van der Waals surface area contributed by atoms with Crippen LogP contribution in [0.3, 0.4) is 0 Å². The number of hydrogen-bond acceptors (Lipinski definition) is 5. The predicted molar refractivity (Wildman–Crippen MR) is 130 cm³/mol. The molecule has 0 spiro atoms. The maximum atomic E-state index is 10.7. The Morgan fingerprint density at radius 1 is 1.24 bits per heavy atom. The van der Waals surface area contributed by atoms with E-state index >= 15 is 0 Å². The average molecular weight is 454 g/mol. The summed E-state index contributed by atoms with van der Waals surface area (Å²) in [4.78, 5) is 2.49. The standard InChI is InChI=1S/C28H39NO4/c1-3-4-8-20(2)24(30)13-12-22-25(31)19-26-27(22)23-11-7-10-21(28(23)33-26)9-5-6-14-29-15-17-32-18-16-29/h7,10-13,20,22,24-27,30-31H,5-6,8-9,14-19H2,1-2H3/b13-12+/t20-,22-,24-,25+,26-,27-/m0/s1. The van der Waals surface area contributed by atoms with Gasteiger partial charge in [0.15, 0.2) is 0 Å². The second-order valence-electron chi connectivity index (χ2n) is 9.79. The second kappa shape index (κ2) is 11.5. The molecule has 6 atom stereocenters. The number of rotatable bonds is 9. The first-order chi connectivity index (χ1) is 16.1. The Labute approximate surface area is 198 Å². The molecule has 2 N–H and O–H groups in total. The monoisotopic (exact) mass is 453 g/mol. The van der Waals surface area contributed by atoms with Crippen LogP contribution in [0.25, 0.3) is 0 Å². The molecule has 2 fully saturated rings. The molecule has 180 valence electrons. The van der Waals surface area contributed by atoms with Gasteiger partial charge in [-0.3, -0.25) is 4.90 Å². The maximum Gasteiger partial charge on any atom is 0.126 e. The van der Waals surface area contributed by atoms with Crippen molar-refractivity contribution in [2.24, 2.45) is 11.8 Å². The van der Waals surface area contributed by atoms with Crippen LogP contribution in [0.4, 0.5) is 0 Å². The van der Waals surface area contributed by atoms with Crippen molar-refractivity contribution in [3.05, 3.63) is 41.5 Å². The van der Waals surface area contributed by atoms with Gasteiger partial charge < -0.3 is 19.7 Å². The molecule has 0 aromatic heterocycles. The largest absolute Gasteiger partial charge is 0.489 e. The Bertz CT molecular complexity index is 866. The van der Waals surface area contributed by atoms with Crippen LogP contribution in [0.2, 0.25) is 0 Å². The van der Waals surface area contributed by atoms with Crippen LogP contribution >= 0.6 is 0 Å². The zero-order valence-electron chi connectivity index (χ0n) is 20.1. The highest BCUT2D eigenvalue weighted by Crippen LogP contribution is 2.52. The van der Waals surface area contributed by atoms with Gasteiger partial charge in [0.1, 0.15) is 11.9 Å². The summed E-state index contributed by atoms with van der Waals surface area (Å²) in [6, 6.07) is 6.48. The molecule has 0 radical (unpaired) electrons. The lowest BCUT2D eigenvalue weighted by atomic mass is 9.86. The number of aryl methyl sites for hydroxylation is 1. The fourth-order valence-electron chi connectivity index (χ4n) is 5.46. The number of morpholine rings is 1. The molecule has 5 heteroatoms. The van der Waals surface area contributed by atoms with Crippen molar-refractivity contribution in [3.63, 3.8) is 0 Å². The van der Waals surface area contributed by atoms with Gasteiger partial charge in [-0.05, 0) is 44.2 Å². The molecule has 5 nitrogen and oxygen atoms in total. The molecule has 1 aliphatic carbocycles. The Morgan fingerprint density at radius 3 is 2.85 bits per heavy atom. The summed E-state index contributed by atoms with van der Waals surface area (Å²) in [5.41, 5.74) is 2.50. The van der Waals surface area contributed by atoms with Gasteiger partial charge in [-0.2, -0.15) is 0 Å². The highest BCUT2D eigenvalue weighted by molar-refractivity contribution is 5.49. The Balaban J connectivity index is 1.38. The van der Waals surface area contributed by atoms with E-state index in [-0.39, 0.29) is 23.9 Å². The fraction of sp³-hybridized carbons (Fsp3) is 0.643. The molecule has 1 saturated heterocycles. The Kier molecular flexibility index (Phi) is 8.49. The maximum absolute atomic E-state index is 10.7. The van der Waals surface area contributed by atoms with Gasteiger partial charge in [-0.15, -0.1) is 11.8 Å². The van der Waals surface area contributed by atoms with Crippen molar-refractivity contribution in [1.29, 1.82) is 0 Å².